The standard InChI is InChI=1S/C8H12N4/c1-9-7-4-10-8(11-5-7)12-6-2-3-6/h4-6,9H,2-3H2,1H3,(H,10,11,12). The van der Waals surface area contributed by atoms with Gasteiger partial charge in [-0.25, -0.2) is 9.97 Å². The van der Waals surface area contributed by atoms with Gasteiger partial charge < -0.3 is 10.6 Å². The zero-order chi connectivity index (χ0) is 8.39. The van der Waals surface area contributed by atoms with Gasteiger partial charge in [-0.3, -0.25) is 0 Å². The molecule has 0 saturated heterocycles. The van der Waals surface area contributed by atoms with Gasteiger partial charge in [0.25, 0.3) is 0 Å². The summed E-state index contributed by atoms with van der Waals surface area (Å²) in [7, 11) is 1.85. The molecule has 12 heavy (non-hydrogen) atoms. The highest BCUT2D eigenvalue weighted by molar-refractivity contribution is 5.40. The molecule has 0 bridgehead atoms. The molecule has 4 heteroatoms. The lowest BCUT2D eigenvalue weighted by Crippen LogP contribution is -2.05. The summed E-state index contributed by atoms with van der Waals surface area (Å²) >= 11 is 0. The van der Waals surface area contributed by atoms with Crippen LogP contribution in [0.5, 0.6) is 0 Å². The molecule has 0 radical (unpaired) electrons. The number of aromatic nitrogens is 2. The van der Waals surface area contributed by atoms with E-state index < -0.39 is 0 Å². The van der Waals surface area contributed by atoms with Crippen molar-refractivity contribution < 1.29 is 0 Å². The summed E-state index contributed by atoms with van der Waals surface area (Å²) in [5.74, 6) is 0.733. The van der Waals surface area contributed by atoms with Crippen molar-refractivity contribution in [2.45, 2.75) is 18.9 Å². The topological polar surface area (TPSA) is 49.8 Å². The first-order valence-corrected chi connectivity index (χ1v) is 4.15. The minimum Gasteiger partial charge on any atom is -0.386 e. The van der Waals surface area contributed by atoms with Gasteiger partial charge in [-0.2, -0.15) is 0 Å². The van der Waals surface area contributed by atoms with Gasteiger partial charge in [-0.1, -0.05) is 0 Å². The van der Waals surface area contributed by atoms with Crippen molar-refractivity contribution in [3.8, 4) is 0 Å². The Kier molecular flexibility index (Phi) is 1.81. The van der Waals surface area contributed by atoms with Crippen molar-refractivity contribution in [3.05, 3.63) is 12.4 Å². The van der Waals surface area contributed by atoms with Crippen LogP contribution in [0.2, 0.25) is 0 Å². The fourth-order valence-electron chi connectivity index (χ4n) is 0.942. The lowest BCUT2D eigenvalue weighted by Gasteiger charge is -2.02. The minimum atomic E-state index is 0.616. The summed E-state index contributed by atoms with van der Waals surface area (Å²) in [6.07, 6.45) is 6.05. The van der Waals surface area contributed by atoms with Gasteiger partial charge >= 0.3 is 0 Å². The molecule has 2 N–H and O–H groups in total. The number of hydrogen-bond acceptors (Lipinski definition) is 4. The van der Waals surface area contributed by atoms with E-state index in [9.17, 15) is 0 Å². The fourth-order valence-corrected chi connectivity index (χ4v) is 0.942. The van der Waals surface area contributed by atoms with Crippen molar-refractivity contribution in [2.75, 3.05) is 17.7 Å². The average molecular weight is 164 g/mol. The van der Waals surface area contributed by atoms with Crippen LogP contribution in [-0.2, 0) is 0 Å². The van der Waals surface area contributed by atoms with E-state index in [2.05, 4.69) is 20.6 Å². The summed E-state index contributed by atoms with van der Waals surface area (Å²) in [5, 5.41) is 6.19. The normalized spacial score (nSPS) is 15.8. The summed E-state index contributed by atoms with van der Waals surface area (Å²) < 4.78 is 0. The maximum absolute atomic E-state index is 4.14. The van der Waals surface area contributed by atoms with Crippen molar-refractivity contribution in [3.63, 3.8) is 0 Å². The van der Waals surface area contributed by atoms with Crippen molar-refractivity contribution >= 4 is 11.6 Å². The van der Waals surface area contributed by atoms with Crippen molar-refractivity contribution in [1.82, 2.24) is 9.97 Å². The molecule has 2 rings (SSSR count). The molecule has 1 fully saturated rings. The van der Waals surface area contributed by atoms with Gasteiger partial charge in [0.15, 0.2) is 0 Å². The van der Waals surface area contributed by atoms with Crippen molar-refractivity contribution in [1.29, 1.82) is 0 Å². The molecule has 4 nitrogen and oxygen atoms in total. The molecule has 0 unspecified atom stereocenters. The van der Waals surface area contributed by atoms with Gasteiger partial charge in [0, 0.05) is 13.1 Å². The molecule has 1 saturated carbocycles. The highest BCUT2D eigenvalue weighted by Gasteiger charge is 2.21. The van der Waals surface area contributed by atoms with Crippen LogP contribution in [0.3, 0.4) is 0 Å². The zero-order valence-corrected chi connectivity index (χ0v) is 7.04. The molecule has 64 valence electrons. The third-order valence-electron chi connectivity index (χ3n) is 1.85. The van der Waals surface area contributed by atoms with E-state index in [1.807, 2.05) is 7.05 Å². The summed E-state index contributed by atoms with van der Waals surface area (Å²) in [5.41, 5.74) is 0.941. The minimum absolute atomic E-state index is 0.616. The molecule has 1 aromatic heterocycles. The second-order valence-electron chi connectivity index (χ2n) is 2.96. The van der Waals surface area contributed by atoms with E-state index in [4.69, 9.17) is 0 Å². The summed E-state index contributed by atoms with van der Waals surface area (Å²) in [6.45, 7) is 0. The van der Waals surface area contributed by atoms with Crippen LogP contribution in [-0.4, -0.2) is 23.1 Å². The Morgan fingerprint density at radius 3 is 2.50 bits per heavy atom. The first-order chi connectivity index (χ1) is 5.88. The Balaban J connectivity index is 2.02. The predicted octanol–water partition coefficient (Wildman–Crippen LogP) is 1.09. The smallest absolute Gasteiger partial charge is 0.222 e. The van der Waals surface area contributed by atoms with E-state index in [1.165, 1.54) is 12.8 Å². The molecular formula is C8H12N4. The lowest BCUT2D eigenvalue weighted by molar-refractivity contribution is 1.05. The molecule has 1 heterocycles. The number of anilines is 2. The van der Waals surface area contributed by atoms with E-state index in [0.29, 0.717) is 6.04 Å². The van der Waals surface area contributed by atoms with Crippen LogP contribution in [0.15, 0.2) is 12.4 Å². The van der Waals surface area contributed by atoms with E-state index in [0.717, 1.165) is 11.6 Å². The maximum atomic E-state index is 4.14. The molecule has 1 aliphatic rings. The number of rotatable bonds is 3. The quantitative estimate of drug-likeness (QED) is 0.702. The van der Waals surface area contributed by atoms with Crippen LogP contribution >= 0.6 is 0 Å². The Hall–Kier alpha value is -1.32. The van der Waals surface area contributed by atoms with E-state index >= 15 is 0 Å². The largest absolute Gasteiger partial charge is 0.386 e. The van der Waals surface area contributed by atoms with Crippen LogP contribution in [0.1, 0.15) is 12.8 Å². The molecule has 0 spiro atoms. The van der Waals surface area contributed by atoms with Crippen LogP contribution in [0.4, 0.5) is 11.6 Å². The highest BCUT2D eigenvalue weighted by atomic mass is 15.1. The number of hydrogen-bond donors (Lipinski definition) is 2. The monoisotopic (exact) mass is 164 g/mol. The number of nitrogens with one attached hydrogen (secondary N) is 2. The van der Waals surface area contributed by atoms with E-state index in [1.54, 1.807) is 12.4 Å². The Bertz CT molecular complexity index is 252. The first-order valence-electron chi connectivity index (χ1n) is 4.15. The van der Waals surface area contributed by atoms with E-state index in [-0.39, 0.29) is 0 Å². The lowest BCUT2D eigenvalue weighted by atomic mass is 10.5. The van der Waals surface area contributed by atoms with Gasteiger partial charge in [-0.05, 0) is 12.8 Å². The summed E-state index contributed by atoms with van der Waals surface area (Å²) in [6, 6.07) is 0.616. The third-order valence-corrected chi connectivity index (χ3v) is 1.85. The van der Waals surface area contributed by atoms with Gasteiger partial charge in [0.05, 0.1) is 18.1 Å². The number of nitrogens with zero attached hydrogens (tertiary/aromatic N) is 2. The Morgan fingerprint density at radius 1 is 1.33 bits per heavy atom. The Labute approximate surface area is 71.4 Å². The summed E-state index contributed by atoms with van der Waals surface area (Å²) in [4.78, 5) is 8.29. The molecule has 0 aromatic carbocycles. The second kappa shape index (κ2) is 2.97. The van der Waals surface area contributed by atoms with Crippen LogP contribution < -0.4 is 10.6 Å². The van der Waals surface area contributed by atoms with Crippen molar-refractivity contribution in [2.24, 2.45) is 0 Å². The predicted molar refractivity (Wildman–Crippen MR) is 48.2 cm³/mol. The Morgan fingerprint density at radius 2 is 2.00 bits per heavy atom. The maximum Gasteiger partial charge on any atom is 0.222 e. The first kappa shape index (κ1) is 7.34. The average Bonchev–Trinajstić information content (AvgIpc) is 2.90. The van der Waals surface area contributed by atoms with Crippen LogP contribution in [0, 0.1) is 0 Å². The SMILES string of the molecule is CNc1cnc(NC2CC2)nc1. The molecule has 0 atom stereocenters. The molecule has 0 aliphatic heterocycles. The third kappa shape index (κ3) is 1.64. The van der Waals surface area contributed by atoms with Gasteiger partial charge in [0.2, 0.25) is 5.95 Å². The molecule has 1 aromatic rings. The van der Waals surface area contributed by atoms with Gasteiger partial charge in [-0.15, -0.1) is 0 Å². The molecule has 0 amide bonds. The van der Waals surface area contributed by atoms with Crippen LogP contribution in [0.25, 0.3) is 0 Å². The molecular weight excluding hydrogens is 152 g/mol. The second-order valence-corrected chi connectivity index (χ2v) is 2.96. The molecule has 1 aliphatic carbocycles. The fraction of sp³-hybridized carbons (Fsp3) is 0.500. The van der Waals surface area contributed by atoms with Gasteiger partial charge in [0.1, 0.15) is 0 Å². The highest BCUT2D eigenvalue weighted by Crippen LogP contribution is 2.22. The zero-order valence-electron chi connectivity index (χ0n) is 7.04.